The molecule has 4 rings (SSSR count). The molecule has 0 aliphatic carbocycles. The van der Waals surface area contributed by atoms with Gasteiger partial charge in [-0.05, 0) is 49.2 Å². The van der Waals surface area contributed by atoms with Crippen molar-refractivity contribution in [3.63, 3.8) is 0 Å². The van der Waals surface area contributed by atoms with Gasteiger partial charge in [0.25, 0.3) is 5.91 Å². The first-order chi connectivity index (χ1) is 15.5. The Bertz CT molecular complexity index is 1150. The van der Waals surface area contributed by atoms with Gasteiger partial charge in [-0.15, -0.1) is 0 Å². The number of nitrogens with one attached hydrogen (secondary N) is 2. The zero-order valence-corrected chi connectivity index (χ0v) is 18.7. The van der Waals surface area contributed by atoms with Crippen molar-refractivity contribution < 1.29 is 19.1 Å². The number of anilines is 1. The molecule has 1 fully saturated rings. The minimum atomic E-state index is -0.493. The number of rotatable bonds is 7. The molecule has 0 saturated carbocycles. The Morgan fingerprint density at radius 3 is 2.84 bits per heavy atom. The number of nitrogens with zero attached hydrogens (tertiary/aromatic N) is 2. The summed E-state index contributed by atoms with van der Waals surface area (Å²) >= 11 is 6.05. The molecule has 2 amide bonds. The minimum absolute atomic E-state index is 0.0666. The standard InChI is InChI=1S/C23H25ClN4O4/c1-31-13-18(22-25-16-8-7-15(24)12-17(16)26-22)27-23(30)14-6-9-19(20(11-14)32-2)28-10-4-3-5-21(28)29/h6-9,11-12,18H,3-5,10,13H2,1-2H3,(H,25,26)(H,27,30)/t18-/m0/s1. The van der Waals surface area contributed by atoms with Gasteiger partial charge in [0.05, 0.1) is 30.4 Å². The summed E-state index contributed by atoms with van der Waals surface area (Å²) < 4.78 is 10.8. The van der Waals surface area contributed by atoms with Gasteiger partial charge in [-0.3, -0.25) is 9.59 Å². The number of piperidine rings is 1. The molecule has 1 aromatic heterocycles. The molecule has 32 heavy (non-hydrogen) atoms. The average Bonchev–Trinajstić information content (AvgIpc) is 3.22. The zero-order valence-electron chi connectivity index (χ0n) is 18.0. The van der Waals surface area contributed by atoms with Crippen molar-refractivity contribution in [2.24, 2.45) is 0 Å². The quantitative estimate of drug-likeness (QED) is 0.562. The lowest BCUT2D eigenvalue weighted by molar-refractivity contribution is -0.119. The van der Waals surface area contributed by atoms with Crippen molar-refractivity contribution >= 4 is 40.1 Å². The fourth-order valence-corrected chi connectivity index (χ4v) is 4.03. The maximum absolute atomic E-state index is 13.0. The second kappa shape index (κ2) is 9.58. The van der Waals surface area contributed by atoms with Gasteiger partial charge in [-0.1, -0.05) is 11.6 Å². The summed E-state index contributed by atoms with van der Waals surface area (Å²) in [5, 5.41) is 3.54. The van der Waals surface area contributed by atoms with Gasteiger partial charge in [-0.25, -0.2) is 4.98 Å². The van der Waals surface area contributed by atoms with Gasteiger partial charge >= 0.3 is 0 Å². The van der Waals surface area contributed by atoms with Gasteiger partial charge in [-0.2, -0.15) is 0 Å². The van der Waals surface area contributed by atoms with Crippen LogP contribution in [0.3, 0.4) is 0 Å². The molecule has 0 spiro atoms. The number of aromatic amines is 1. The number of imidazole rings is 1. The lowest BCUT2D eigenvalue weighted by Crippen LogP contribution is -2.35. The zero-order chi connectivity index (χ0) is 22.7. The van der Waals surface area contributed by atoms with E-state index in [4.69, 9.17) is 21.1 Å². The Labute approximate surface area is 190 Å². The Balaban J connectivity index is 1.57. The predicted octanol–water partition coefficient (Wildman–Crippen LogP) is 3.86. The van der Waals surface area contributed by atoms with Crippen LogP contribution in [0.4, 0.5) is 5.69 Å². The largest absolute Gasteiger partial charge is 0.495 e. The van der Waals surface area contributed by atoms with Gasteiger partial charge in [0.1, 0.15) is 17.6 Å². The molecule has 9 heteroatoms. The van der Waals surface area contributed by atoms with Crippen LogP contribution in [0, 0.1) is 0 Å². The van der Waals surface area contributed by atoms with Crippen molar-refractivity contribution in [1.82, 2.24) is 15.3 Å². The number of hydrogen-bond acceptors (Lipinski definition) is 5. The molecule has 8 nitrogen and oxygen atoms in total. The van der Waals surface area contributed by atoms with E-state index in [1.54, 1.807) is 42.3 Å². The number of carbonyl (C=O) groups excluding carboxylic acids is 2. The van der Waals surface area contributed by atoms with E-state index < -0.39 is 6.04 Å². The van der Waals surface area contributed by atoms with Crippen LogP contribution in [0.1, 0.15) is 41.5 Å². The third-order valence-electron chi connectivity index (χ3n) is 5.49. The van der Waals surface area contributed by atoms with Crippen LogP contribution >= 0.6 is 11.6 Å². The van der Waals surface area contributed by atoms with Crippen molar-refractivity contribution in [3.05, 3.63) is 52.8 Å². The molecule has 0 unspecified atom stereocenters. The molecule has 2 heterocycles. The number of ether oxygens (including phenoxy) is 2. The third kappa shape index (κ3) is 4.56. The molecule has 3 aromatic rings. The van der Waals surface area contributed by atoms with Crippen molar-refractivity contribution in [1.29, 1.82) is 0 Å². The van der Waals surface area contributed by atoms with Crippen LogP contribution in [0.15, 0.2) is 36.4 Å². The summed E-state index contributed by atoms with van der Waals surface area (Å²) in [5.41, 5.74) is 2.61. The van der Waals surface area contributed by atoms with E-state index in [0.29, 0.717) is 46.3 Å². The van der Waals surface area contributed by atoms with E-state index in [1.807, 2.05) is 6.07 Å². The average molecular weight is 457 g/mol. The number of aromatic nitrogens is 2. The summed E-state index contributed by atoms with van der Waals surface area (Å²) in [6, 6.07) is 9.97. The number of halogens is 1. The molecule has 1 aliphatic rings. The molecule has 0 radical (unpaired) electrons. The topological polar surface area (TPSA) is 96.6 Å². The number of benzene rings is 2. The number of H-pyrrole nitrogens is 1. The van der Waals surface area contributed by atoms with Crippen LogP contribution in [-0.2, 0) is 9.53 Å². The molecule has 1 aliphatic heterocycles. The molecule has 1 saturated heterocycles. The van der Waals surface area contributed by atoms with Crippen LogP contribution < -0.4 is 15.0 Å². The smallest absolute Gasteiger partial charge is 0.252 e. The van der Waals surface area contributed by atoms with E-state index in [-0.39, 0.29) is 18.4 Å². The van der Waals surface area contributed by atoms with E-state index in [0.717, 1.165) is 18.4 Å². The molecule has 1 atom stereocenters. The second-order valence-electron chi connectivity index (χ2n) is 7.65. The number of carbonyl (C=O) groups is 2. The van der Waals surface area contributed by atoms with Crippen molar-refractivity contribution in [2.45, 2.75) is 25.3 Å². The van der Waals surface area contributed by atoms with Crippen LogP contribution in [-0.4, -0.2) is 49.2 Å². The van der Waals surface area contributed by atoms with Gasteiger partial charge in [0, 0.05) is 30.7 Å². The SMILES string of the molecule is COC[C@H](NC(=O)c1ccc(N2CCCCC2=O)c(OC)c1)c1nc2cc(Cl)ccc2[nH]1. The Hall–Kier alpha value is -3.10. The Morgan fingerprint density at radius 2 is 2.09 bits per heavy atom. The van der Waals surface area contributed by atoms with Gasteiger partial charge < -0.3 is 24.7 Å². The highest BCUT2D eigenvalue weighted by molar-refractivity contribution is 6.31. The van der Waals surface area contributed by atoms with Gasteiger partial charge in [0.15, 0.2) is 0 Å². The molecule has 0 bridgehead atoms. The van der Waals surface area contributed by atoms with E-state index in [1.165, 1.54) is 7.11 Å². The molecule has 2 N–H and O–H groups in total. The summed E-state index contributed by atoms with van der Waals surface area (Å²) in [5.74, 6) is 0.812. The monoisotopic (exact) mass is 456 g/mol. The minimum Gasteiger partial charge on any atom is -0.495 e. The summed E-state index contributed by atoms with van der Waals surface area (Å²) in [4.78, 5) is 34.8. The summed E-state index contributed by atoms with van der Waals surface area (Å²) in [6.45, 7) is 0.878. The third-order valence-corrected chi connectivity index (χ3v) is 5.72. The van der Waals surface area contributed by atoms with Crippen LogP contribution in [0.25, 0.3) is 11.0 Å². The van der Waals surface area contributed by atoms with Crippen molar-refractivity contribution in [3.8, 4) is 5.75 Å². The number of amides is 2. The maximum Gasteiger partial charge on any atom is 0.252 e. The van der Waals surface area contributed by atoms with E-state index in [2.05, 4.69) is 15.3 Å². The highest BCUT2D eigenvalue weighted by atomic mass is 35.5. The summed E-state index contributed by atoms with van der Waals surface area (Å²) in [7, 11) is 3.09. The molecule has 168 valence electrons. The molecular weight excluding hydrogens is 432 g/mol. The Kier molecular flexibility index (Phi) is 6.62. The van der Waals surface area contributed by atoms with Crippen LogP contribution in [0.5, 0.6) is 5.75 Å². The lowest BCUT2D eigenvalue weighted by atomic mass is 10.1. The van der Waals surface area contributed by atoms with Crippen molar-refractivity contribution in [2.75, 3.05) is 32.3 Å². The van der Waals surface area contributed by atoms with Gasteiger partial charge in [0.2, 0.25) is 5.91 Å². The molecule has 2 aromatic carbocycles. The fourth-order valence-electron chi connectivity index (χ4n) is 3.86. The highest BCUT2D eigenvalue weighted by Crippen LogP contribution is 2.32. The highest BCUT2D eigenvalue weighted by Gasteiger charge is 2.24. The van der Waals surface area contributed by atoms with Crippen LogP contribution in [0.2, 0.25) is 5.02 Å². The Morgan fingerprint density at radius 1 is 1.25 bits per heavy atom. The fraction of sp³-hybridized carbons (Fsp3) is 0.348. The second-order valence-corrected chi connectivity index (χ2v) is 8.09. The number of fused-ring (bicyclic) bond motifs is 1. The van der Waals surface area contributed by atoms with E-state index >= 15 is 0 Å². The number of methoxy groups -OCH3 is 2. The predicted molar refractivity (Wildman–Crippen MR) is 122 cm³/mol. The maximum atomic E-state index is 13.0. The number of hydrogen-bond donors (Lipinski definition) is 2. The normalized spacial score (nSPS) is 15.1. The van der Waals surface area contributed by atoms with E-state index in [9.17, 15) is 9.59 Å². The summed E-state index contributed by atoms with van der Waals surface area (Å²) in [6.07, 6.45) is 2.36. The first-order valence-electron chi connectivity index (χ1n) is 10.4. The first kappa shape index (κ1) is 22.1. The lowest BCUT2D eigenvalue weighted by Gasteiger charge is -2.28. The first-order valence-corrected chi connectivity index (χ1v) is 10.8. The molecular formula is C23H25ClN4O4.